The lowest BCUT2D eigenvalue weighted by molar-refractivity contribution is -0.139. The van der Waals surface area contributed by atoms with Gasteiger partial charge >= 0.3 is 23.9 Å². The summed E-state index contributed by atoms with van der Waals surface area (Å²) in [4.78, 5) is 39.3. The second-order valence-electron chi connectivity index (χ2n) is 6.65. The topological polar surface area (TPSA) is 274 Å². The van der Waals surface area contributed by atoms with E-state index in [0.717, 1.165) is 11.1 Å². The summed E-state index contributed by atoms with van der Waals surface area (Å²) in [7, 11) is 0. The summed E-state index contributed by atoms with van der Waals surface area (Å²) in [5.41, 5.74) is 21.6. The highest BCUT2D eigenvalue weighted by Gasteiger charge is 2.12. The number of benzene rings is 2. The minimum absolute atomic E-state index is 0.160. The van der Waals surface area contributed by atoms with Gasteiger partial charge in [-0.1, -0.05) is 42.5 Å². The normalized spacial score (nSPS) is 11.0. The number of rotatable bonds is 8. The van der Waals surface area contributed by atoms with Crippen molar-refractivity contribution in [3.05, 3.63) is 65.7 Å². The molecule has 0 aliphatic rings. The monoisotopic (exact) mass is 496 g/mol. The molecule has 0 spiro atoms. The zero-order valence-corrected chi connectivity index (χ0v) is 18.9. The Hall–Kier alpha value is -4.04. The number of hydrogen-bond acceptors (Lipinski definition) is 9. The van der Waals surface area contributed by atoms with Crippen molar-refractivity contribution in [2.75, 3.05) is 13.1 Å². The molecule has 13 heteroatoms. The van der Waals surface area contributed by atoms with Gasteiger partial charge in [0.05, 0.1) is 13.1 Å². The highest BCUT2D eigenvalue weighted by molar-refractivity contribution is 5.74. The Morgan fingerprint density at radius 2 is 0.943 bits per heavy atom. The standard InChI is InChI=1S/C9H11NO3.C9H11NO2.2C2H5NO2/c10-8(9(12)13)5-6-1-3-7(11)4-2-6;10-8(9(11)12)6-7-4-2-1-3-5-7;2*3-1-2(4)5/h1-4,8,11H,5,10H2,(H,12,13);1-5,8H,6,10H2,(H,11,12);2*1,3H2,(H,4,5)/t2*8-;;/m00../s1. The van der Waals surface area contributed by atoms with Crippen LogP contribution in [-0.2, 0) is 32.0 Å². The highest BCUT2D eigenvalue weighted by Crippen LogP contribution is 2.10. The van der Waals surface area contributed by atoms with E-state index in [1.54, 1.807) is 12.1 Å². The fraction of sp³-hybridized carbons (Fsp3) is 0.273. The molecule has 0 radical (unpaired) electrons. The molecule has 0 aliphatic carbocycles. The number of aliphatic carboxylic acids is 4. The van der Waals surface area contributed by atoms with Crippen molar-refractivity contribution >= 4 is 23.9 Å². The predicted molar refractivity (Wildman–Crippen MR) is 127 cm³/mol. The van der Waals surface area contributed by atoms with Crippen LogP contribution in [0.5, 0.6) is 5.75 Å². The second kappa shape index (κ2) is 19.4. The molecule has 13 N–H and O–H groups in total. The van der Waals surface area contributed by atoms with Crippen LogP contribution in [0.25, 0.3) is 0 Å². The Bertz CT molecular complexity index is 880. The molecule has 2 rings (SSSR count). The van der Waals surface area contributed by atoms with Gasteiger partial charge < -0.3 is 48.5 Å². The van der Waals surface area contributed by atoms with E-state index in [2.05, 4.69) is 11.5 Å². The third-order valence-corrected chi connectivity index (χ3v) is 3.67. The van der Waals surface area contributed by atoms with Gasteiger partial charge in [-0.25, -0.2) is 0 Å². The first-order valence-corrected chi connectivity index (χ1v) is 9.96. The van der Waals surface area contributed by atoms with Gasteiger partial charge in [0.2, 0.25) is 0 Å². The Kier molecular flexibility index (Phi) is 18.4. The Morgan fingerprint density at radius 1 is 0.629 bits per heavy atom. The van der Waals surface area contributed by atoms with Crippen molar-refractivity contribution in [3.8, 4) is 5.75 Å². The molecule has 0 aliphatic heterocycles. The number of hydrogen-bond donors (Lipinski definition) is 9. The summed E-state index contributed by atoms with van der Waals surface area (Å²) in [6.45, 7) is -0.556. The lowest BCUT2D eigenvalue weighted by Gasteiger charge is -2.05. The van der Waals surface area contributed by atoms with Gasteiger partial charge in [-0.05, 0) is 36.1 Å². The minimum atomic E-state index is -1.02. The largest absolute Gasteiger partial charge is 0.508 e. The number of carboxylic acid groups (broad SMARTS) is 4. The number of carbonyl (C=O) groups is 4. The van der Waals surface area contributed by atoms with E-state index < -0.39 is 36.0 Å². The van der Waals surface area contributed by atoms with Crippen molar-refractivity contribution in [3.63, 3.8) is 0 Å². The van der Waals surface area contributed by atoms with E-state index in [-0.39, 0.29) is 25.3 Å². The number of phenols is 1. The molecule has 0 unspecified atom stereocenters. The SMILES string of the molecule is NCC(=O)O.NCC(=O)O.N[C@@H](Cc1ccc(O)cc1)C(=O)O.N[C@@H](Cc1ccccc1)C(=O)O. The molecule has 0 saturated heterocycles. The van der Waals surface area contributed by atoms with Crippen LogP contribution in [0.4, 0.5) is 0 Å². The van der Waals surface area contributed by atoms with Gasteiger partial charge in [-0.15, -0.1) is 0 Å². The van der Waals surface area contributed by atoms with Crippen LogP contribution in [0.3, 0.4) is 0 Å². The molecule has 0 aromatic heterocycles. The lowest BCUT2D eigenvalue weighted by Crippen LogP contribution is -2.32. The number of carboxylic acids is 4. The second-order valence-corrected chi connectivity index (χ2v) is 6.65. The zero-order valence-electron chi connectivity index (χ0n) is 18.9. The van der Waals surface area contributed by atoms with Crippen molar-refractivity contribution in [2.24, 2.45) is 22.9 Å². The smallest absolute Gasteiger partial charge is 0.320 e. The van der Waals surface area contributed by atoms with Crippen LogP contribution in [0.2, 0.25) is 0 Å². The maximum absolute atomic E-state index is 10.4. The number of aromatic hydroxyl groups is 1. The molecular weight excluding hydrogens is 464 g/mol. The predicted octanol–water partition coefficient (Wildman–Crippen LogP) is -0.953. The molecule has 0 saturated carbocycles. The van der Waals surface area contributed by atoms with Crippen LogP contribution >= 0.6 is 0 Å². The maximum atomic E-state index is 10.4. The van der Waals surface area contributed by atoms with E-state index in [4.69, 9.17) is 37.0 Å². The average molecular weight is 497 g/mol. The first-order valence-electron chi connectivity index (χ1n) is 9.96. The van der Waals surface area contributed by atoms with Crippen LogP contribution in [-0.4, -0.2) is 74.6 Å². The van der Waals surface area contributed by atoms with E-state index >= 15 is 0 Å². The van der Waals surface area contributed by atoms with Crippen LogP contribution in [0, 0.1) is 0 Å². The van der Waals surface area contributed by atoms with Gasteiger partial charge in [0.1, 0.15) is 17.8 Å². The number of nitrogens with two attached hydrogens (primary N) is 4. The summed E-state index contributed by atoms with van der Waals surface area (Å²) in [5.74, 6) is -3.76. The van der Waals surface area contributed by atoms with E-state index in [0.29, 0.717) is 6.42 Å². The summed E-state index contributed by atoms with van der Waals surface area (Å²) in [6.07, 6.45) is 0.659. The Labute approximate surface area is 201 Å². The van der Waals surface area contributed by atoms with Gasteiger partial charge in [-0.3, -0.25) is 19.2 Å². The van der Waals surface area contributed by atoms with Crippen molar-refractivity contribution < 1.29 is 44.7 Å². The average Bonchev–Trinajstić information content (AvgIpc) is 2.82. The fourth-order valence-electron chi connectivity index (χ4n) is 1.93. The summed E-state index contributed by atoms with van der Waals surface area (Å²) >= 11 is 0. The van der Waals surface area contributed by atoms with Crippen molar-refractivity contribution in [1.82, 2.24) is 0 Å². The minimum Gasteiger partial charge on any atom is -0.508 e. The molecule has 194 valence electrons. The molecule has 2 aromatic rings. The molecule has 2 atom stereocenters. The molecule has 2 aromatic carbocycles. The summed E-state index contributed by atoms with van der Waals surface area (Å²) < 4.78 is 0. The molecule has 0 amide bonds. The van der Waals surface area contributed by atoms with Gasteiger partial charge in [-0.2, -0.15) is 0 Å². The van der Waals surface area contributed by atoms with Crippen LogP contribution < -0.4 is 22.9 Å². The fourth-order valence-corrected chi connectivity index (χ4v) is 1.93. The lowest BCUT2D eigenvalue weighted by atomic mass is 10.1. The van der Waals surface area contributed by atoms with Gasteiger partial charge in [0.15, 0.2) is 0 Å². The van der Waals surface area contributed by atoms with E-state index in [1.165, 1.54) is 12.1 Å². The van der Waals surface area contributed by atoms with Crippen molar-refractivity contribution in [1.29, 1.82) is 0 Å². The third kappa shape index (κ3) is 20.3. The molecule has 0 fully saturated rings. The Morgan fingerprint density at radius 3 is 1.23 bits per heavy atom. The molecular formula is C22H32N4O9. The first kappa shape index (κ1) is 33.1. The summed E-state index contributed by atoms with van der Waals surface area (Å²) in [5, 5.41) is 41.2. The molecule has 0 heterocycles. The summed E-state index contributed by atoms with van der Waals surface area (Å²) in [6, 6.07) is 14.0. The van der Waals surface area contributed by atoms with E-state index in [9.17, 15) is 19.2 Å². The van der Waals surface area contributed by atoms with Crippen molar-refractivity contribution in [2.45, 2.75) is 24.9 Å². The molecule has 35 heavy (non-hydrogen) atoms. The van der Waals surface area contributed by atoms with E-state index in [1.807, 2.05) is 30.3 Å². The third-order valence-electron chi connectivity index (χ3n) is 3.67. The first-order chi connectivity index (χ1) is 16.3. The molecule has 13 nitrogen and oxygen atoms in total. The maximum Gasteiger partial charge on any atom is 0.320 e. The number of phenolic OH excluding ortho intramolecular Hbond substituents is 1. The zero-order chi connectivity index (χ0) is 27.4. The van der Waals surface area contributed by atoms with Gasteiger partial charge in [0.25, 0.3) is 0 Å². The molecule has 0 bridgehead atoms. The highest BCUT2D eigenvalue weighted by atomic mass is 16.4. The van der Waals surface area contributed by atoms with Crippen LogP contribution in [0.1, 0.15) is 11.1 Å². The van der Waals surface area contributed by atoms with Crippen LogP contribution in [0.15, 0.2) is 54.6 Å². The Balaban J connectivity index is 0. The quantitative estimate of drug-likeness (QED) is 0.213. The van der Waals surface area contributed by atoms with Gasteiger partial charge in [0, 0.05) is 0 Å².